The maximum atomic E-state index is 15.6. The van der Waals surface area contributed by atoms with E-state index in [-0.39, 0.29) is 36.3 Å². The lowest BCUT2D eigenvalue weighted by atomic mass is 9.88. The fourth-order valence-electron chi connectivity index (χ4n) is 6.79. The second-order valence-corrected chi connectivity index (χ2v) is 13.7. The number of thioether (sulfide) groups is 1. The second kappa shape index (κ2) is 14.2. The van der Waals surface area contributed by atoms with Crippen LogP contribution in [-0.4, -0.2) is 74.2 Å². The number of amides is 2. The summed E-state index contributed by atoms with van der Waals surface area (Å²) in [5.74, 6) is 0.361. The zero-order chi connectivity index (χ0) is 32.4. The first kappa shape index (κ1) is 32.6. The number of nitrogens with zero attached hydrogens (tertiary/aromatic N) is 5. The van der Waals surface area contributed by atoms with Crippen molar-refractivity contribution in [1.82, 2.24) is 29.9 Å². The Balaban J connectivity index is 1.19. The summed E-state index contributed by atoms with van der Waals surface area (Å²) in [5, 5.41) is 15.0. The minimum absolute atomic E-state index is 0.0215. The predicted octanol–water partition coefficient (Wildman–Crippen LogP) is 5.07. The summed E-state index contributed by atoms with van der Waals surface area (Å²) in [5.41, 5.74) is 3.63. The van der Waals surface area contributed by atoms with E-state index in [2.05, 4.69) is 25.8 Å². The molecule has 4 heterocycles. The quantitative estimate of drug-likeness (QED) is 0.183. The maximum Gasteiger partial charge on any atom is 0.255 e. The molecule has 3 aromatic heterocycles. The number of aryl methyl sites for hydroxylation is 1. The molecule has 0 unspecified atom stereocenters. The van der Waals surface area contributed by atoms with Crippen LogP contribution in [0, 0.1) is 44.5 Å². The van der Waals surface area contributed by atoms with Crippen LogP contribution < -0.4 is 10.6 Å². The Bertz CT molecular complexity index is 1550. The molecule has 3 fully saturated rings. The molecule has 2 aliphatic carbocycles. The third kappa shape index (κ3) is 7.16. The van der Waals surface area contributed by atoms with Crippen LogP contribution in [-0.2, 0) is 21.0 Å². The first-order chi connectivity index (χ1) is 22.3. The summed E-state index contributed by atoms with van der Waals surface area (Å²) < 4.78 is 30.4. The van der Waals surface area contributed by atoms with Gasteiger partial charge in [-0.2, -0.15) is 26.3 Å². The highest BCUT2D eigenvalue weighted by atomic mass is 32.2. The number of anilines is 1. The van der Waals surface area contributed by atoms with Gasteiger partial charge in [-0.1, -0.05) is 0 Å². The van der Waals surface area contributed by atoms with Crippen LogP contribution in [0.3, 0.4) is 0 Å². The molecule has 2 saturated carbocycles. The Hall–Kier alpha value is -3.29. The van der Waals surface area contributed by atoms with E-state index < -0.39 is 12.0 Å². The van der Waals surface area contributed by atoms with Crippen LogP contribution in [0.4, 0.5) is 10.2 Å². The molecule has 0 bridgehead atoms. The van der Waals surface area contributed by atoms with Crippen molar-refractivity contribution in [2.45, 2.75) is 78.1 Å². The number of aromatic nitrogens is 5. The molecular formula is C33H44FN7O4S. The standard InChI is InChI=1S/C33H44FN7O4S/c1-19-28(21(3)40(39-19)18-45-15-16-46-4)25-9-10-27(36-31(25)34)37-33(43)30(29(22-5-6-22)23-7-8-23)38-32(42)26-17-35-41(20(26)2)24-11-13-44-14-12-24/h9-10,17,22-24,29-30H,5-8,11-16,18H2,1-4H3,(H,38,42)(H,36,37,43)/t30-/m0/s1. The minimum Gasteiger partial charge on any atom is -0.381 e. The molecule has 2 amide bonds. The van der Waals surface area contributed by atoms with E-state index in [0.29, 0.717) is 54.0 Å². The summed E-state index contributed by atoms with van der Waals surface area (Å²) in [6, 6.07) is 2.64. The predicted molar refractivity (Wildman–Crippen MR) is 174 cm³/mol. The highest BCUT2D eigenvalue weighted by Gasteiger charge is 2.48. The average Bonchev–Trinajstić information content (AvgIpc) is 3.98. The fourth-order valence-corrected chi connectivity index (χ4v) is 7.08. The fraction of sp³-hybridized carbons (Fsp3) is 0.606. The molecule has 46 heavy (non-hydrogen) atoms. The van der Waals surface area contributed by atoms with Gasteiger partial charge >= 0.3 is 0 Å². The van der Waals surface area contributed by atoms with Gasteiger partial charge in [0.2, 0.25) is 11.9 Å². The molecule has 1 atom stereocenters. The van der Waals surface area contributed by atoms with E-state index in [1.807, 2.05) is 31.7 Å². The van der Waals surface area contributed by atoms with Gasteiger partial charge in [0.15, 0.2) is 0 Å². The first-order valence-electron chi connectivity index (χ1n) is 16.3. The van der Waals surface area contributed by atoms with Crippen LogP contribution in [0.5, 0.6) is 0 Å². The van der Waals surface area contributed by atoms with Gasteiger partial charge in [-0.15, -0.1) is 0 Å². The number of nitrogens with one attached hydrogen (secondary N) is 2. The Kier molecular flexibility index (Phi) is 10.1. The van der Waals surface area contributed by atoms with Gasteiger partial charge < -0.3 is 20.1 Å². The molecule has 1 saturated heterocycles. The first-order valence-corrected chi connectivity index (χ1v) is 17.7. The van der Waals surface area contributed by atoms with Crippen molar-refractivity contribution >= 4 is 29.4 Å². The molecular weight excluding hydrogens is 609 g/mol. The average molecular weight is 654 g/mol. The monoisotopic (exact) mass is 653 g/mol. The molecule has 0 spiro atoms. The van der Waals surface area contributed by atoms with Crippen molar-refractivity contribution in [2.24, 2.45) is 17.8 Å². The Morgan fingerprint density at radius 2 is 1.80 bits per heavy atom. The molecule has 6 rings (SSSR count). The molecule has 3 aromatic rings. The summed E-state index contributed by atoms with van der Waals surface area (Å²) in [4.78, 5) is 31.7. The van der Waals surface area contributed by atoms with Crippen molar-refractivity contribution in [3.05, 3.63) is 46.9 Å². The van der Waals surface area contributed by atoms with Gasteiger partial charge in [-0.25, -0.2) is 9.67 Å². The van der Waals surface area contributed by atoms with E-state index in [4.69, 9.17) is 9.47 Å². The summed E-state index contributed by atoms with van der Waals surface area (Å²) >= 11 is 1.70. The van der Waals surface area contributed by atoms with E-state index in [1.54, 1.807) is 34.8 Å². The van der Waals surface area contributed by atoms with Crippen LogP contribution in [0.2, 0.25) is 0 Å². The number of carbonyl (C=O) groups is 2. The van der Waals surface area contributed by atoms with Gasteiger partial charge in [0, 0.05) is 41.5 Å². The Morgan fingerprint density at radius 1 is 1.09 bits per heavy atom. The van der Waals surface area contributed by atoms with E-state index >= 15 is 4.39 Å². The number of ether oxygens (including phenoxy) is 2. The summed E-state index contributed by atoms with van der Waals surface area (Å²) in [6.45, 7) is 7.82. The van der Waals surface area contributed by atoms with Crippen molar-refractivity contribution in [3.63, 3.8) is 0 Å². The number of hydrogen-bond acceptors (Lipinski definition) is 8. The number of carbonyl (C=O) groups excluding carboxylic acids is 2. The van der Waals surface area contributed by atoms with Crippen LogP contribution in [0.15, 0.2) is 18.3 Å². The van der Waals surface area contributed by atoms with E-state index in [9.17, 15) is 9.59 Å². The second-order valence-electron chi connectivity index (χ2n) is 12.7. The largest absolute Gasteiger partial charge is 0.381 e. The number of halogens is 1. The van der Waals surface area contributed by atoms with Gasteiger partial charge in [0.1, 0.15) is 18.6 Å². The maximum absolute atomic E-state index is 15.6. The molecule has 13 heteroatoms. The molecule has 1 aliphatic heterocycles. The summed E-state index contributed by atoms with van der Waals surface area (Å²) in [6.07, 6.45) is 9.46. The lowest BCUT2D eigenvalue weighted by Gasteiger charge is -2.27. The highest BCUT2D eigenvalue weighted by Crippen LogP contribution is 2.51. The number of pyridine rings is 1. The Morgan fingerprint density at radius 3 is 2.46 bits per heavy atom. The lowest BCUT2D eigenvalue weighted by molar-refractivity contribution is -0.119. The topological polar surface area (TPSA) is 125 Å². The third-order valence-corrected chi connectivity index (χ3v) is 10.1. The van der Waals surface area contributed by atoms with Crippen molar-refractivity contribution in [1.29, 1.82) is 0 Å². The van der Waals surface area contributed by atoms with Crippen LogP contribution >= 0.6 is 11.8 Å². The van der Waals surface area contributed by atoms with Crippen molar-refractivity contribution < 1.29 is 23.5 Å². The van der Waals surface area contributed by atoms with Gasteiger partial charge in [0.05, 0.1) is 30.1 Å². The van der Waals surface area contributed by atoms with Crippen molar-refractivity contribution in [3.8, 4) is 11.1 Å². The molecule has 2 N–H and O–H groups in total. The lowest BCUT2D eigenvalue weighted by Crippen LogP contribution is -2.50. The van der Waals surface area contributed by atoms with Crippen LogP contribution in [0.25, 0.3) is 11.1 Å². The van der Waals surface area contributed by atoms with Gasteiger partial charge in [-0.05, 0) is 95.4 Å². The molecule has 0 radical (unpaired) electrons. The van der Waals surface area contributed by atoms with Gasteiger partial charge in [-0.3, -0.25) is 14.3 Å². The smallest absolute Gasteiger partial charge is 0.255 e. The van der Waals surface area contributed by atoms with Crippen LogP contribution in [0.1, 0.15) is 72.0 Å². The zero-order valence-corrected chi connectivity index (χ0v) is 27.9. The molecule has 248 valence electrons. The molecule has 3 aliphatic rings. The normalized spacial score (nSPS) is 17.8. The van der Waals surface area contributed by atoms with E-state index in [1.165, 1.54) is 0 Å². The molecule has 11 nitrogen and oxygen atoms in total. The zero-order valence-electron chi connectivity index (χ0n) is 27.1. The highest BCUT2D eigenvalue weighted by molar-refractivity contribution is 7.98. The van der Waals surface area contributed by atoms with E-state index in [0.717, 1.165) is 55.7 Å². The summed E-state index contributed by atoms with van der Waals surface area (Å²) in [7, 11) is 0. The molecule has 0 aromatic carbocycles. The SMILES string of the molecule is CSCCOCn1nc(C)c(-c2ccc(NC(=O)[C@@H](NC(=O)c3cnn(C4CCOCC4)c3C)C(C3CC3)C3CC3)nc2F)c1C. The number of rotatable bonds is 14. The van der Waals surface area contributed by atoms with Crippen molar-refractivity contribution in [2.75, 3.05) is 37.1 Å². The Labute approximate surface area is 273 Å². The minimum atomic E-state index is -0.767. The van der Waals surface area contributed by atoms with Gasteiger partial charge in [0.25, 0.3) is 5.91 Å². The third-order valence-electron chi connectivity index (χ3n) is 9.51. The number of hydrogen-bond donors (Lipinski definition) is 2.